The zero-order valence-corrected chi connectivity index (χ0v) is 7.84. The fourth-order valence-corrected chi connectivity index (χ4v) is 2.60. The molecule has 2 aliphatic rings. The lowest BCUT2D eigenvalue weighted by Gasteiger charge is -2.32. The van der Waals surface area contributed by atoms with Gasteiger partial charge < -0.3 is 9.84 Å². The van der Waals surface area contributed by atoms with E-state index in [0.717, 1.165) is 25.7 Å². The molecule has 1 spiro atoms. The van der Waals surface area contributed by atoms with Gasteiger partial charge in [0.1, 0.15) is 12.3 Å². The molecule has 2 nitrogen and oxygen atoms in total. The molecule has 76 valence electrons. The molecule has 0 unspecified atom stereocenters. The van der Waals surface area contributed by atoms with Crippen LogP contribution in [0.1, 0.15) is 38.5 Å². The van der Waals surface area contributed by atoms with Crippen LogP contribution >= 0.6 is 0 Å². The molecule has 0 bridgehead atoms. The number of hydrogen-bond acceptors (Lipinski definition) is 2. The Morgan fingerprint density at radius 1 is 1.31 bits per heavy atom. The molecule has 1 aliphatic carbocycles. The summed E-state index contributed by atoms with van der Waals surface area (Å²) in [4.78, 5) is 0. The van der Waals surface area contributed by atoms with Crippen molar-refractivity contribution in [1.82, 2.24) is 0 Å². The Bertz CT molecular complexity index is 178. The molecular formula is C10H17FO2. The molecule has 0 amide bonds. The number of aliphatic hydroxyl groups is 1. The summed E-state index contributed by atoms with van der Waals surface area (Å²) in [6.45, 7) is -0.178. The zero-order chi connectivity index (χ0) is 9.31. The topological polar surface area (TPSA) is 29.5 Å². The van der Waals surface area contributed by atoms with Crippen LogP contribution in [0.2, 0.25) is 0 Å². The minimum atomic E-state index is -0.955. The second-order valence-electron chi connectivity index (χ2n) is 4.30. The van der Waals surface area contributed by atoms with Crippen molar-refractivity contribution < 1.29 is 14.2 Å². The third-order valence-electron chi connectivity index (χ3n) is 3.32. The molecule has 0 aromatic carbocycles. The highest BCUT2D eigenvalue weighted by Crippen LogP contribution is 2.42. The maximum Gasteiger partial charge on any atom is 0.131 e. The average Bonchev–Trinajstić information content (AvgIpc) is 2.44. The predicted molar refractivity (Wildman–Crippen MR) is 47.3 cm³/mol. The quantitative estimate of drug-likeness (QED) is 0.680. The van der Waals surface area contributed by atoms with Crippen molar-refractivity contribution in [1.29, 1.82) is 0 Å². The first-order valence-corrected chi connectivity index (χ1v) is 5.18. The third-order valence-corrected chi connectivity index (χ3v) is 3.32. The van der Waals surface area contributed by atoms with Crippen molar-refractivity contribution in [2.24, 2.45) is 0 Å². The highest BCUT2D eigenvalue weighted by Gasteiger charge is 2.46. The van der Waals surface area contributed by atoms with Gasteiger partial charge in [-0.2, -0.15) is 0 Å². The van der Waals surface area contributed by atoms with Gasteiger partial charge in [0.15, 0.2) is 0 Å². The molecule has 0 radical (unpaired) electrons. The van der Waals surface area contributed by atoms with Crippen LogP contribution in [0.4, 0.5) is 4.39 Å². The Morgan fingerprint density at radius 3 is 2.54 bits per heavy atom. The highest BCUT2D eigenvalue weighted by molar-refractivity contribution is 4.95. The summed E-state index contributed by atoms with van der Waals surface area (Å²) in [5, 5.41) is 8.89. The first-order valence-electron chi connectivity index (χ1n) is 5.18. The largest absolute Gasteiger partial charge is 0.394 e. The maximum absolute atomic E-state index is 13.3. The molecule has 1 N–H and O–H groups in total. The van der Waals surface area contributed by atoms with E-state index in [0.29, 0.717) is 6.42 Å². The Hall–Kier alpha value is -0.150. The van der Waals surface area contributed by atoms with E-state index >= 15 is 0 Å². The zero-order valence-electron chi connectivity index (χ0n) is 7.84. The van der Waals surface area contributed by atoms with E-state index in [-0.39, 0.29) is 12.2 Å². The van der Waals surface area contributed by atoms with Crippen molar-refractivity contribution in [3.05, 3.63) is 0 Å². The lowest BCUT2D eigenvalue weighted by Crippen LogP contribution is -2.32. The lowest BCUT2D eigenvalue weighted by molar-refractivity contribution is -0.0831. The summed E-state index contributed by atoms with van der Waals surface area (Å²) in [6, 6.07) is 0. The number of aliphatic hydroxyl groups excluding tert-OH is 1. The Labute approximate surface area is 78.1 Å². The third kappa shape index (κ3) is 1.72. The van der Waals surface area contributed by atoms with Crippen LogP contribution in [0, 0.1) is 0 Å². The summed E-state index contributed by atoms with van der Waals surface area (Å²) in [7, 11) is 0. The average molecular weight is 188 g/mol. The van der Waals surface area contributed by atoms with Gasteiger partial charge in [-0.15, -0.1) is 0 Å². The van der Waals surface area contributed by atoms with Crippen LogP contribution in [0.25, 0.3) is 0 Å². The number of halogens is 1. The fraction of sp³-hybridized carbons (Fsp3) is 1.00. The molecule has 1 saturated heterocycles. The van der Waals surface area contributed by atoms with Gasteiger partial charge in [-0.1, -0.05) is 19.3 Å². The van der Waals surface area contributed by atoms with Crippen LogP contribution in [0.15, 0.2) is 0 Å². The minimum absolute atomic E-state index is 0.178. The molecule has 0 aromatic rings. The molecule has 1 heterocycles. The smallest absolute Gasteiger partial charge is 0.131 e. The number of alkyl halides is 1. The molecule has 0 aromatic heterocycles. The maximum atomic E-state index is 13.3. The van der Waals surface area contributed by atoms with Crippen molar-refractivity contribution in [2.45, 2.75) is 56.4 Å². The second-order valence-corrected chi connectivity index (χ2v) is 4.30. The minimum Gasteiger partial charge on any atom is -0.394 e. The SMILES string of the molecule is OC[C@H]1OC2(CCCCC2)C[C@H]1F. The van der Waals surface area contributed by atoms with E-state index in [2.05, 4.69) is 0 Å². The number of hydrogen-bond donors (Lipinski definition) is 1. The molecule has 2 rings (SSSR count). The predicted octanol–water partition coefficient (Wildman–Crippen LogP) is 1.81. The second kappa shape index (κ2) is 3.54. The highest BCUT2D eigenvalue weighted by atomic mass is 19.1. The summed E-state index contributed by atoms with van der Waals surface area (Å²) in [5.74, 6) is 0. The van der Waals surface area contributed by atoms with Crippen molar-refractivity contribution in [3.8, 4) is 0 Å². The van der Waals surface area contributed by atoms with Gasteiger partial charge in [-0.05, 0) is 12.8 Å². The molecule has 1 saturated carbocycles. The lowest BCUT2D eigenvalue weighted by atomic mass is 9.82. The Kier molecular flexibility index (Phi) is 2.56. The molecular weight excluding hydrogens is 171 g/mol. The summed E-state index contributed by atoms with van der Waals surface area (Å²) in [5.41, 5.74) is -0.217. The van der Waals surface area contributed by atoms with Gasteiger partial charge in [0.05, 0.1) is 12.2 Å². The summed E-state index contributed by atoms with van der Waals surface area (Å²) in [6.07, 6.45) is 4.47. The van der Waals surface area contributed by atoms with Gasteiger partial charge in [0.2, 0.25) is 0 Å². The normalized spacial score (nSPS) is 38.3. The van der Waals surface area contributed by atoms with Crippen LogP contribution in [0.5, 0.6) is 0 Å². The first kappa shape index (κ1) is 9.41. The van der Waals surface area contributed by atoms with Crippen LogP contribution in [-0.4, -0.2) is 29.6 Å². The summed E-state index contributed by atoms with van der Waals surface area (Å²) >= 11 is 0. The van der Waals surface area contributed by atoms with E-state index in [1.807, 2.05) is 0 Å². The first-order chi connectivity index (χ1) is 6.26. The van der Waals surface area contributed by atoms with Crippen molar-refractivity contribution in [2.75, 3.05) is 6.61 Å². The van der Waals surface area contributed by atoms with Gasteiger partial charge >= 0.3 is 0 Å². The van der Waals surface area contributed by atoms with E-state index in [1.54, 1.807) is 0 Å². The molecule has 1 aliphatic heterocycles. The van der Waals surface area contributed by atoms with Gasteiger partial charge in [0, 0.05) is 6.42 Å². The monoisotopic (exact) mass is 188 g/mol. The molecule has 2 fully saturated rings. The van der Waals surface area contributed by atoms with Crippen LogP contribution < -0.4 is 0 Å². The molecule has 13 heavy (non-hydrogen) atoms. The molecule has 2 atom stereocenters. The molecule has 3 heteroatoms. The Morgan fingerprint density at radius 2 is 2.00 bits per heavy atom. The van der Waals surface area contributed by atoms with Crippen molar-refractivity contribution >= 4 is 0 Å². The van der Waals surface area contributed by atoms with Gasteiger partial charge in [-0.3, -0.25) is 0 Å². The van der Waals surface area contributed by atoms with Gasteiger partial charge in [-0.25, -0.2) is 4.39 Å². The van der Waals surface area contributed by atoms with Crippen molar-refractivity contribution in [3.63, 3.8) is 0 Å². The van der Waals surface area contributed by atoms with Crippen LogP contribution in [-0.2, 0) is 4.74 Å². The van der Waals surface area contributed by atoms with E-state index < -0.39 is 12.3 Å². The van der Waals surface area contributed by atoms with Gasteiger partial charge in [0.25, 0.3) is 0 Å². The fourth-order valence-electron chi connectivity index (χ4n) is 2.60. The number of ether oxygens (including phenoxy) is 1. The van der Waals surface area contributed by atoms with E-state index in [9.17, 15) is 4.39 Å². The Balaban J connectivity index is 2.01. The summed E-state index contributed by atoms with van der Waals surface area (Å²) < 4.78 is 19.0. The van der Waals surface area contributed by atoms with Crippen LogP contribution in [0.3, 0.4) is 0 Å². The number of rotatable bonds is 1. The van der Waals surface area contributed by atoms with E-state index in [1.165, 1.54) is 6.42 Å². The van der Waals surface area contributed by atoms with E-state index in [4.69, 9.17) is 9.84 Å². The standard InChI is InChI=1S/C10H17FO2/c11-8-6-10(13-9(8)7-12)4-2-1-3-5-10/h8-9,12H,1-7H2/t8-,9-/m1/s1.